The van der Waals surface area contributed by atoms with Crippen molar-refractivity contribution in [3.8, 4) is 0 Å². The summed E-state index contributed by atoms with van der Waals surface area (Å²) in [4.78, 5) is 17.7. The van der Waals surface area contributed by atoms with E-state index in [-0.39, 0.29) is 35.9 Å². The van der Waals surface area contributed by atoms with Gasteiger partial charge in [-0.1, -0.05) is 6.92 Å². The summed E-state index contributed by atoms with van der Waals surface area (Å²) >= 11 is 0. The second kappa shape index (κ2) is 8.91. The van der Waals surface area contributed by atoms with Gasteiger partial charge in [0.1, 0.15) is 5.76 Å². The van der Waals surface area contributed by atoms with E-state index in [0.717, 1.165) is 31.2 Å². The number of carbonyl (C=O) groups excluding carboxylic acids is 1. The van der Waals surface area contributed by atoms with Gasteiger partial charge in [-0.2, -0.15) is 0 Å². The van der Waals surface area contributed by atoms with E-state index in [2.05, 4.69) is 15.6 Å². The first-order chi connectivity index (χ1) is 9.72. The number of nitrogens with zero attached hydrogens (tertiary/aromatic N) is 2. The Hall–Kier alpha value is -1.25. The second-order valence-corrected chi connectivity index (χ2v) is 4.83. The predicted octanol–water partition coefficient (Wildman–Crippen LogP) is 1.57. The fourth-order valence-electron chi connectivity index (χ4n) is 2.30. The Balaban J connectivity index is 0.00000220. The van der Waals surface area contributed by atoms with E-state index in [1.54, 1.807) is 13.3 Å². The Morgan fingerprint density at radius 3 is 3.00 bits per heavy atom. The molecule has 21 heavy (non-hydrogen) atoms. The summed E-state index contributed by atoms with van der Waals surface area (Å²) in [5, 5.41) is 6.54. The first kappa shape index (κ1) is 17.8. The highest BCUT2D eigenvalue weighted by Gasteiger charge is 2.25. The number of rotatable bonds is 4. The van der Waals surface area contributed by atoms with Gasteiger partial charge in [-0.05, 0) is 18.6 Å². The number of nitrogens with one attached hydrogen (secondary N) is 2. The summed E-state index contributed by atoms with van der Waals surface area (Å²) < 4.78 is 5.26. The zero-order chi connectivity index (χ0) is 14.4. The van der Waals surface area contributed by atoms with Crippen LogP contribution in [-0.2, 0) is 11.3 Å². The number of likely N-dealkylation sites (tertiary alicyclic amines) is 1. The molecule has 2 heterocycles. The molecule has 118 valence electrons. The fraction of sp³-hybridized carbons (Fsp3) is 0.571. The molecule has 1 saturated heterocycles. The maximum Gasteiger partial charge on any atom is 0.222 e. The minimum Gasteiger partial charge on any atom is -0.467 e. The molecule has 0 spiro atoms. The lowest BCUT2D eigenvalue weighted by Gasteiger charge is -2.18. The van der Waals surface area contributed by atoms with Crippen LogP contribution in [0.1, 0.15) is 25.5 Å². The lowest BCUT2D eigenvalue weighted by atomic mass is 10.3. The number of hydrogen-bond acceptors (Lipinski definition) is 3. The summed E-state index contributed by atoms with van der Waals surface area (Å²) in [5.41, 5.74) is 0. The standard InChI is InChI=1S/C14H22N4O2.HI/c1-3-13(19)18-7-6-11(10-18)17-14(15-2)16-9-12-5-4-8-20-12;/h4-5,8,11H,3,6-7,9-10H2,1-2H3,(H2,15,16,17);1H. The molecular formula is C14H23IN4O2. The van der Waals surface area contributed by atoms with E-state index in [1.807, 2.05) is 24.0 Å². The van der Waals surface area contributed by atoms with Crippen molar-refractivity contribution in [3.05, 3.63) is 24.2 Å². The van der Waals surface area contributed by atoms with Gasteiger partial charge in [0.05, 0.1) is 12.8 Å². The van der Waals surface area contributed by atoms with Crippen LogP contribution in [0.2, 0.25) is 0 Å². The zero-order valence-corrected chi connectivity index (χ0v) is 14.8. The number of guanidine groups is 1. The summed E-state index contributed by atoms with van der Waals surface area (Å²) in [6.07, 6.45) is 3.17. The number of furan rings is 1. The van der Waals surface area contributed by atoms with Crippen LogP contribution < -0.4 is 10.6 Å². The first-order valence-corrected chi connectivity index (χ1v) is 7.00. The van der Waals surface area contributed by atoms with Gasteiger partial charge in [-0.25, -0.2) is 0 Å². The van der Waals surface area contributed by atoms with E-state index in [4.69, 9.17) is 4.42 Å². The van der Waals surface area contributed by atoms with Crippen molar-refractivity contribution >= 4 is 35.8 Å². The van der Waals surface area contributed by atoms with Crippen LogP contribution in [0.4, 0.5) is 0 Å². The Morgan fingerprint density at radius 2 is 2.38 bits per heavy atom. The molecule has 0 bridgehead atoms. The molecule has 0 radical (unpaired) electrons. The average Bonchev–Trinajstić information content (AvgIpc) is 3.13. The highest BCUT2D eigenvalue weighted by molar-refractivity contribution is 14.0. The number of halogens is 1. The molecule has 1 fully saturated rings. The van der Waals surface area contributed by atoms with Crippen LogP contribution in [0.15, 0.2) is 27.8 Å². The molecule has 1 aromatic rings. The number of aliphatic imine (C=N–C) groups is 1. The van der Waals surface area contributed by atoms with Gasteiger partial charge in [0.15, 0.2) is 5.96 Å². The zero-order valence-electron chi connectivity index (χ0n) is 12.5. The molecule has 0 aliphatic carbocycles. The summed E-state index contributed by atoms with van der Waals surface area (Å²) in [6, 6.07) is 4.03. The Kier molecular flexibility index (Phi) is 7.55. The SMILES string of the molecule is CCC(=O)N1CCC(NC(=NC)NCc2ccco2)C1.I. The normalized spacial score (nSPS) is 18.3. The highest BCUT2D eigenvalue weighted by atomic mass is 127. The topological polar surface area (TPSA) is 69.9 Å². The summed E-state index contributed by atoms with van der Waals surface area (Å²) in [5.74, 6) is 1.81. The van der Waals surface area contributed by atoms with Gasteiger partial charge < -0.3 is 20.0 Å². The van der Waals surface area contributed by atoms with Crippen LogP contribution >= 0.6 is 24.0 Å². The van der Waals surface area contributed by atoms with E-state index in [0.29, 0.717) is 13.0 Å². The Morgan fingerprint density at radius 1 is 1.57 bits per heavy atom. The quantitative estimate of drug-likeness (QED) is 0.453. The molecule has 1 unspecified atom stereocenters. The number of amides is 1. The van der Waals surface area contributed by atoms with Crippen molar-refractivity contribution in [3.63, 3.8) is 0 Å². The van der Waals surface area contributed by atoms with Crippen molar-refractivity contribution in [1.29, 1.82) is 0 Å². The lowest BCUT2D eigenvalue weighted by Crippen LogP contribution is -2.44. The fourth-order valence-corrected chi connectivity index (χ4v) is 2.30. The van der Waals surface area contributed by atoms with Crippen LogP contribution in [0.3, 0.4) is 0 Å². The van der Waals surface area contributed by atoms with Crippen molar-refractivity contribution in [2.75, 3.05) is 20.1 Å². The van der Waals surface area contributed by atoms with Crippen LogP contribution in [0, 0.1) is 0 Å². The molecule has 0 saturated carbocycles. The molecule has 1 atom stereocenters. The lowest BCUT2D eigenvalue weighted by molar-refractivity contribution is -0.129. The molecule has 2 N–H and O–H groups in total. The third-order valence-electron chi connectivity index (χ3n) is 3.42. The monoisotopic (exact) mass is 406 g/mol. The van der Waals surface area contributed by atoms with Crippen LogP contribution in [-0.4, -0.2) is 42.9 Å². The maximum absolute atomic E-state index is 11.6. The van der Waals surface area contributed by atoms with Gasteiger partial charge >= 0.3 is 0 Å². The smallest absolute Gasteiger partial charge is 0.222 e. The van der Waals surface area contributed by atoms with E-state index in [1.165, 1.54) is 0 Å². The van der Waals surface area contributed by atoms with E-state index < -0.39 is 0 Å². The summed E-state index contributed by atoms with van der Waals surface area (Å²) in [6.45, 7) is 4.05. The van der Waals surface area contributed by atoms with Crippen molar-refractivity contribution in [1.82, 2.24) is 15.5 Å². The number of carbonyl (C=O) groups is 1. The largest absolute Gasteiger partial charge is 0.467 e. The van der Waals surface area contributed by atoms with Gasteiger partial charge in [0.2, 0.25) is 5.91 Å². The van der Waals surface area contributed by atoms with Crippen molar-refractivity contribution in [2.45, 2.75) is 32.4 Å². The van der Waals surface area contributed by atoms with Gasteiger partial charge in [-0.15, -0.1) is 24.0 Å². The van der Waals surface area contributed by atoms with Crippen LogP contribution in [0.5, 0.6) is 0 Å². The molecule has 1 amide bonds. The molecule has 1 aliphatic heterocycles. The Bertz CT molecular complexity index is 462. The average molecular weight is 406 g/mol. The summed E-state index contributed by atoms with van der Waals surface area (Å²) in [7, 11) is 1.74. The molecule has 1 aliphatic rings. The molecule has 1 aromatic heterocycles. The molecule has 7 heteroatoms. The molecule has 0 aromatic carbocycles. The van der Waals surface area contributed by atoms with Gasteiger partial charge in [0.25, 0.3) is 0 Å². The minimum atomic E-state index is 0. The maximum atomic E-state index is 11.6. The van der Waals surface area contributed by atoms with E-state index in [9.17, 15) is 4.79 Å². The molecular weight excluding hydrogens is 383 g/mol. The Labute approximate surface area is 142 Å². The van der Waals surface area contributed by atoms with Crippen LogP contribution in [0.25, 0.3) is 0 Å². The number of hydrogen-bond donors (Lipinski definition) is 2. The third kappa shape index (κ3) is 5.22. The third-order valence-corrected chi connectivity index (χ3v) is 3.42. The first-order valence-electron chi connectivity index (χ1n) is 7.00. The van der Waals surface area contributed by atoms with Gasteiger partial charge in [-0.3, -0.25) is 9.79 Å². The van der Waals surface area contributed by atoms with E-state index >= 15 is 0 Å². The van der Waals surface area contributed by atoms with Crippen molar-refractivity contribution < 1.29 is 9.21 Å². The van der Waals surface area contributed by atoms with Crippen molar-refractivity contribution in [2.24, 2.45) is 4.99 Å². The molecule has 6 nitrogen and oxygen atoms in total. The highest BCUT2D eigenvalue weighted by Crippen LogP contribution is 2.10. The molecule has 2 rings (SSSR count). The van der Waals surface area contributed by atoms with Gasteiger partial charge in [0, 0.05) is 32.6 Å². The second-order valence-electron chi connectivity index (χ2n) is 4.83. The predicted molar refractivity (Wildman–Crippen MR) is 92.7 cm³/mol. The minimum absolute atomic E-state index is 0.